The van der Waals surface area contributed by atoms with Gasteiger partial charge in [0, 0.05) is 28.2 Å². The molecular formula is C25H25N2+. The minimum absolute atomic E-state index is 1.06. The van der Waals surface area contributed by atoms with Crippen molar-refractivity contribution < 1.29 is 4.57 Å². The standard InChI is InChI=1S/C25H25N2/c1-7-19-16(3)12-15(2)13-24(19)25-22-9-8-20-18(5)26-17(4)14-23(20)21(22)10-11-27(25)6/h7-14H,1H2,2-6H3/q+1. The van der Waals surface area contributed by atoms with Crippen LogP contribution >= 0.6 is 0 Å². The molecule has 4 rings (SSSR count). The third-order valence-electron chi connectivity index (χ3n) is 5.44. The fraction of sp³-hybridized carbons (Fsp3) is 0.200. The lowest BCUT2D eigenvalue weighted by Crippen LogP contribution is -2.30. The number of rotatable bonds is 2. The molecule has 0 fully saturated rings. The summed E-state index contributed by atoms with van der Waals surface area (Å²) in [6.45, 7) is 12.5. The Balaban J connectivity index is 2.19. The molecule has 0 N–H and O–H groups in total. The van der Waals surface area contributed by atoms with Crippen molar-refractivity contribution in [3.05, 3.63) is 77.3 Å². The summed E-state index contributed by atoms with van der Waals surface area (Å²) in [6.07, 6.45) is 4.13. The van der Waals surface area contributed by atoms with Crippen LogP contribution in [0.1, 0.15) is 28.1 Å². The predicted octanol–water partition coefficient (Wildman–Crippen LogP) is 5.76. The van der Waals surface area contributed by atoms with Crippen molar-refractivity contribution in [1.29, 1.82) is 0 Å². The van der Waals surface area contributed by atoms with Crippen molar-refractivity contribution >= 4 is 27.6 Å². The Bertz CT molecular complexity index is 1230. The van der Waals surface area contributed by atoms with Crippen LogP contribution in [0.4, 0.5) is 0 Å². The fourth-order valence-corrected chi connectivity index (χ4v) is 4.29. The maximum atomic E-state index is 4.64. The van der Waals surface area contributed by atoms with Crippen molar-refractivity contribution in [2.75, 3.05) is 0 Å². The second-order valence-electron chi connectivity index (χ2n) is 7.49. The summed E-state index contributed by atoms with van der Waals surface area (Å²) in [5.41, 5.74) is 8.32. The Morgan fingerprint density at radius 1 is 0.889 bits per heavy atom. The molecule has 2 nitrogen and oxygen atoms in total. The average molecular weight is 353 g/mol. The normalized spacial score (nSPS) is 11.3. The Kier molecular flexibility index (Phi) is 4.07. The maximum Gasteiger partial charge on any atom is 0.220 e. The Labute approximate surface area is 160 Å². The van der Waals surface area contributed by atoms with Crippen LogP contribution in [0.2, 0.25) is 0 Å². The van der Waals surface area contributed by atoms with Crippen molar-refractivity contribution in [3.8, 4) is 11.3 Å². The topological polar surface area (TPSA) is 16.8 Å². The van der Waals surface area contributed by atoms with E-state index in [1.807, 2.05) is 6.08 Å². The van der Waals surface area contributed by atoms with Crippen LogP contribution in [0.3, 0.4) is 0 Å². The molecule has 2 heteroatoms. The first-order chi connectivity index (χ1) is 12.9. The van der Waals surface area contributed by atoms with E-state index in [4.69, 9.17) is 0 Å². The zero-order chi connectivity index (χ0) is 19.3. The van der Waals surface area contributed by atoms with Gasteiger partial charge in [-0.05, 0) is 68.0 Å². The van der Waals surface area contributed by atoms with Crippen LogP contribution < -0.4 is 4.57 Å². The van der Waals surface area contributed by atoms with Crippen LogP contribution in [-0.4, -0.2) is 4.98 Å². The number of aromatic nitrogens is 2. The molecule has 2 heterocycles. The highest BCUT2D eigenvalue weighted by atomic mass is 14.9. The molecule has 0 saturated heterocycles. The van der Waals surface area contributed by atoms with Crippen LogP contribution in [0.15, 0.2) is 49.2 Å². The number of nitrogens with zero attached hydrogens (tertiary/aromatic N) is 2. The van der Waals surface area contributed by atoms with E-state index in [-0.39, 0.29) is 0 Å². The van der Waals surface area contributed by atoms with Gasteiger partial charge in [-0.15, -0.1) is 0 Å². The van der Waals surface area contributed by atoms with Gasteiger partial charge in [0.15, 0.2) is 6.20 Å². The molecular weight excluding hydrogens is 328 g/mol. The minimum atomic E-state index is 1.06. The zero-order valence-electron chi connectivity index (χ0n) is 16.7. The molecule has 2 aromatic carbocycles. The molecule has 27 heavy (non-hydrogen) atoms. The molecule has 0 amide bonds. The third-order valence-corrected chi connectivity index (χ3v) is 5.44. The number of hydrogen-bond acceptors (Lipinski definition) is 1. The SMILES string of the molecule is C=Cc1c(C)cc(C)cc1-c1c2ccc3c(C)nc(C)cc3c2cc[n+]1C. The van der Waals surface area contributed by atoms with E-state index in [1.165, 1.54) is 49.5 Å². The zero-order valence-corrected chi connectivity index (χ0v) is 16.7. The molecule has 4 aromatic rings. The quantitative estimate of drug-likeness (QED) is 0.331. The van der Waals surface area contributed by atoms with Gasteiger partial charge in [-0.2, -0.15) is 0 Å². The second-order valence-corrected chi connectivity index (χ2v) is 7.49. The molecule has 2 aromatic heterocycles. The molecule has 0 aliphatic carbocycles. The minimum Gasteiger partial charge on any atom is -0.258 e. The van der Waals surface area contributed by atoms with Crippen LogP contribution in [0.25, 0.3) is 38.9 Å². The summed E-state index contributed by atoms with van der Waals surface area (Å²) < 4.78 is 2.22. The number of pyridine rings is 2. The molecule has 0 aliphatic heterocycles. The first-order valence-corrected chi connectivity index (χ1v) is 9.34. The van der Waals surface area contributed by atoms with E-state index in [2.05, 4.69) is 93.5 Å². The fourth-order valence-electron chi connectivity index (χ4n) is 4.29. The second kappa shape index (κ2) is 6.31. The molecule has 0 atom stereocenters. The first-order valence-electron chi connectivity index (χ1n) is 9.34. The smallest absolute Gasteiger partial charge is 0.220 e. The third kappa shape index (κ3) is 2.73. The molecule has 0 aliphatic rings. The monoisotopic (exact) mass is 353 g/mol. The highest BCUT2D eigenvalue weighted by molar-refractivity contribution is 6.11. The summed E-state index contributed by atoms with van der Waals surface area (Å²) in [5.74, 6) is 0. The lowest BCUT2D eigenvalue weighted by Gasteiger charge is -2.13. The van der Waals surface area contributed by atoms with Gasteiger partial charge in [0.25, 0.3) is 0 Å². The lowest BCUT2D eigenvalue weighted by molar-refractivity contribution is -0.659. The molecule has 0 saturated carbocycles. The van der Waals surface area contributed by atoms with Gasteiger partial charge in [0.2, 0.25) is 5.69 Å². The van der Waals surface area contributed by atoms with Crippen LogP contribution in [-0.2, 0) is 7.05 Å². The maximum absolute atomic E-state index is 4.64. The van der Waals surface area contributed by atoms with Gasteiger partial charge >= 0.3 is 0 Å². The highest BCUT2D eigenvalue weighted by Crippen LogP contribution is 2.35. The summed E-state index contributed by atoms with van der Waals surface area (Å²) in [5, 5.41) is 5.01. The molecule has 0 radical (unpaired) electrons. The number of hydrogen-bond donors (Lipinski definition) is 0. The highest BCUT2D eigenvalue weighted by Gasteiger charge is 2.20. The van der Waals surface area contributed by atoms with Crippen molar-refractivity contribution in [1.82, 2.24) is 4.98 Å². The van der Waals surface area contributed by atoms with E-state index in [0.717, 1.165) is 11.4 Å². The van der Waals surface area contributed by atoms with Gasteiger partial charge in [0.1, 0.15) is 7.05 Å². The Morgan fingerprint density at radius 2 is 1.63 bits per heavy atom. The van der Waals surface area contributed by atoms with Gasteiger partial charge in [-0.25, -0.2) is 4.57 Å². The predicted molar refractivity (Wildman–Crippen MR) is 115 cm³/mol. The van der Waals surface area contributed by atoms with E-state index in [0.29, 0.717) is 0 Å². The largest absolute Gasteiger partial charge is 0.258 e. The first kappa shape index (κ1) is 17.4. The van der Waals surface area contributed by atoms with Crippen molar-refractivity contribution in [3.63, 3.8) is 0 Å². The summed E-state index contributed by atoms with van der Waals surface area (Å²) in [6, 6.07) is 13.4. The van der Waals surface area contributed by atoms with Gasteiger partial charge in [0.05, 0.1) is 10.9 Å². The number of benzene rings is 2. The molecule has 0 spiro atoms. The van der Waals surface area contributed by atoms with Crippen LogP contribution in [0.5, 0.6) is 0 Å². The number of fused-ring (bicyclic) bond motifs is 3. The van der Waals surface area contributed by atoms with Crippen molar-refractivity contribution in [2.45, 2.75) is 27.7 Å². The van der Waals surface area contributed by atoms with E-state index in [9.17, 15) is 0 Å². The van der Waals surface area contributed by atoms with Gasteiger partial charge in [-0.1, -0.05) is 24.8 Å². The summed E-state index contributed by atoms with van der Waals surface area (Å²) in [7, 11) is 2.12. The van der Waals surface area contributed by atoms with Crippen LogP contribution in [0, 0.1) is 27.7 Å². The summed E-state index contributed by atoms with van der Waals surface area (Å²) in [4.78, 5) is 4.64. The Hall–Kier alpha value is -3.00. The molecule has 0 unspecified atom stereocenters. The molecule has 0 bridgehead atoms. The number of aryl methyl sites for hydroxylation is 5. The van der Waals surface area contributed by atoms with E-state index in [1.54, 1.807) is 0 Å². The molecule has 134 valence electrons. The van der Waals surface area contributed by atoms with Crippen molar-refractivity contribution in [2.24, 2.45) is 7.05 Å². The van der Waals surface area contributed by atoms with Gasteiger partial charge in [-0.3, -0.25) is 4.98 Å². The van der Waals surface area contributed by atoms with Gasteiger partial charge < -0.3 is 0 Å². The lowest BCUT2D eigenvalue weighted by atomic mass is 9.92. The van der Waals surface area contributed by atoms with E-state index >= 15 is 0 Å². The summed E-state index contributed by atoms with van der Waals surface area (Å²) >= 11 is 0. The average Bonchev–Trinajstić information content (AvgIpc) is 2.60. The van der Waals surface area contributed by atoms with E-state index < -0.39 is 0 Å². The Morgan fingerprint density at radius 3 is 2.37 bits per heavy atom.